The molecular formula is C17H17FN2O. The minimum Gasteiger partial charge on any atom is -0.374 e. The fourth-order valence-corrected chi connectivity index (χ4v) is 2.56. The first-order valence-electron chi connectivity index (χ1n) is 7.09. The van der Waals surface area contributed by atoms with Crippen molar-refractivity contribution in [3.05, 3.63) is 47.3 Å². The van der Waals surface area contributed by atoms with Gasteiger partial charge in [0.05, 0.1) is 24.3 Å². The van der Waals surface area contributed by atoms with Gasteiger partial charge in [0.15, 0.2) is 5.83 Å². The van der Waals surface area contributed by atoms with Gasteiger partial charge in [0.2, 0.25) is 0 Å². The molecule has 0 radical (unpaired) electrons. The van der Waals surface area contributed by atoms with E-state index in [1.54, 1.807) is 12.1 Å². The van der Waals surface area contributed by atoms with Crippen LogP contribution in [0.1, 0.15) is 36.8 Å². The lowest BCUT2D eigenvalue weighted by molar-refractivity contribution is 0.0109. The van der Waals surface area contributed by atoms with Crippen molar-refractivity contribution < 1.29 is 9.13 Å². The Bertz CT molecular complexity index is 572. The van der Waals surface area contributed by atoms with Crippen LogP contribution in [0.15, 0.2) is 36.2 Å². The average Bonchev–Trinajstić information content (AvgIpc) is 2.54. The number of hydrogen-bond donors (Lipinski definition) is 0. The zero-order valence-electron chi connectivity index (χ0n) is 11.8. The van der Waals surface area contributed by atoms with Crippen molar-refractivity contribution in [2.24, 2.45) is 5.92 Å². The predicted molar refractivity (Wildman–Crippen MR) is 76.5 cm³/mol. The van der Waals surface area contributed by atoms with Gasteiger partial charge in [-0.25, -0.2) is 0 Å². The highest BCUT2D eigenvalue weighted by molar-refractivity contribution is 5.31. The van der Waals surface area contributed by atoms with E-state index in [4.69, 9.17) is 15.3 Å². The molecule has 1 aromatic rings. The summed E-state index contributed by atoms with van der Waals surface area (Å²) in [5, 5.41) is 17.2. The summed E-state index contributed by atoms with van der Waals surface area (Å²) in [5.74, 6) is -0.531. The number of allylic oxidation sites excluding steroid dienone is 2. The van der Waals surface area contributed by atoms with Gasteiger partial charge < -0.3 is 4.74 Å². The summed E-state index contributed by atoms with van der Waals surface area (Å²) in [4.78, 5) is 0. The van der Waals surface area contributed by atoms with Crippen LogP contribution in [-0.4, -0.2) is 6.10 Å². The molecule has 0 aromatic heterocycles. The van der Waals surface area contributed by atoms with Gasteiger partial charge in [-0.2, -0.15) is 14.9 Å². The van der Waals surface area contributed by atoms with Crippen molar-refractivity contribution in [1.82, 2.24) is 0 Å². The maximum Gasteiger partial charge on any atom is 0.196 e. The quantitative estimate of drug-likeness (QED) is 0.785. The fourth-order valence-electron chi connectivity index (χ4n) is 2.56. The Hall–Kier alpha value is -2.17. The molecule has 0 amide bonds. The summed E-state index contributed by atoms with van der Waals surface area (Å²) in [5.41, 5.74) is 1.69. The molecule has 1 fully saturated rings. The summed E-state index contributed by atoms with van der Waals surface area (Å²) in [6.07, 6.45) is 5.10. The Morgan fingerprint density at radius 3 is 2.43 bits per heavy atom. The van der Waals surface area contributed by atoms with E-state index >= 15 is 0 Å². The van der Waals surface area contributed by atoms with Crippen LogP contribution in [0.5, 0.6) is 0 Å². The van der Waals surface area contributed by atoms with Crippen LogP contribution in [0.3, 0.4) is 0 Å². The standard InChI is InChI=1S/C17H17FN2O/c18-16(11-20)9-13-5-7-17(8-6-13)21-12-15-3-1-14(10-19)2-4-15/h1-4,9,13,17H,5-8,12H2/b16-9-/t13-,17-. The second kappa shape index (κ2) is 7.57. The van der Waals surface area contributed by atoms with Crippen LogP contribution in [0.2, 0.25) is 0 Å². The number of nitriles is 2. The Morgan fingerprint density at radius 2 is 1.86 bits per heavy atom. The predicted octanol–water partition coefficient (Wildman–Crippen LogP) is 4.01. The number of nitrogens with zero attached hydrogens (tertiary/aromatic N) is 2. The second-order valence-corrected chi connectivity index (χ2v) is 5.28. The first-order valence-corrected chi connectivity index (χ1v) is 7.09. The van der Waals surface area contributed by atoms with E-state index in [9.17, 15) is 4.39 Å². The van der Waals surface area contributed by atoms with Crippen LogP contribution in [0.4, 0.5) is 4.39 Å². The average molecular weight is 284 g/mol. The van der Waals surface area contributed by atoms with Crippen molar-refractivity contribution in [1.29, 1.82) is 10.5 Å². The second-order valence-electron chi connectivity index (χ2n) is 5.28. The molecule has 1 saturated carbocycles. The Labute approximate surface area is 124 Å². The third-order valence-electron chi connectivity index (χ3n) is 3.78. The maximum absolute atomic E-state index is 12.9. The van der Waals surface area contributed by atoms with Crippen LogP contribution < -0.4 is 0 Å². The van der Waals surface area contributed by atoms with Crippen molar-refractivity contribution in [2.75, 3.05) is 0 Å². The van der Waals surface area contributed by atoms with Gasteiger partial charge in [-0.1, -0.05) is 12.1 Å². The number of halogens is 1. The molecule has 0 spiro atoms. The molecule has 4 heteroatoms. The van der Waals surface area contributed by atoms with Crippen molar-refractivity contribution in [2.45, 2.75) is 38.4 Å². The molecule has 0 saturated heterocycles. The minimum atomic E-state index is -0.683. The van der Waals surface area contributed by atoms with Gasteiger partial charge in [0.25, 0.3) is 0 Å². The van der Waals surface area contributed by atoms with Crippen LogP contribution in [0.25, 0.3) is 0 Å². The molecule has 2 rings (SSSR count). The molecule has 108 valence electrons. The lowest BCUT2D eigenvalue weighted by Gasteiger charge is -2.26. The highest BCUT2D eigenvalue weighted by atomic mass is 19.1. The zero-order chi connectivity index (χ0) is 15.1. The van der Waals surface area contributed by atoms with Gasteiger partial charge in [-0.05, 0) is 55.4 Å². The topological polar surface area (TPSA) is 56.8 Å². The Balaban J connectivity index is 1.76. The summed E-state index contributed by atoms with van der Waals surface area (Å²) < 4.78 is 18.8. The molecule has 0 N–H and O–H groups in total. The molecule has 0 bridgehead atoms. The summed E-state index contributed by atoms with van der Waals surface area (Å²) in [7, 11) is 0. The zero-order valence-corrected chi connectivity index (χ0v) is 11.8. The number of ether oxygens (including phenoxy) is 1. The lowest BCUT2D eigenvalue weighted by Crippen LogP contribution is -2.20. The number of benzene rings is 1. The van der Waals surface area contributed by atoms with E-state index < -0.39 is 5.83 Å². The fraction of sp³-hybridized carbons (Fsp3) is 0.412. The monoisotopic (exact) mass is 284 g/mol. The summed E-state index contributed by atoms with van der Waals surface area (Å²) >= 11 is 0. The van der Waals surface area contributed by atoms with Crippen molar-refractivity contribution in [3.63, 3.8) is 0 Å². The van der Waals surface area contributed by atoms with E-state index in [1.165, 1.54) is 12.1 Å². The van der Waals surface area contributed by atoms with Gasteiger partial charge in [-0.15, -0.1) is 0 Å². The molecule has 0 unspecified atom stereocenters. The molecule has 1 aromatic carbocycles. The van der Waals surface area contributed by atoms with Gasteiger partial charge in [-0.3, -0.25) is 0 Å². The molecule has 21 heavy (non-hydrogen) atoms. The third kappa shape index (κ3) is 4.70. The Morgan fingerprint density at radius 1 is 1.19 bits per heavy atom. The van der Waals surface area contributed by atoms with E-state index in [0.717, 1.165) is 31.2 Å². The van der Waals surface area contributed by atoms with Crippen LogP contribution >= 0.6 is 0 Å². The molecule has 1 aliphatic rings. The van der Waals surface area contributed by atoms with E-state index in [-0.39, 0.29) is 12.0 Å². The normalized spacial score (nSPS) is 22.3. The molecule has 0 atom stereocenters. The van der Waals surface area contributed by atoms with Gasteiger partial charge in [0, 0.05) is 0 Å². The highest BCUT2D eigenvalue weighted by Crippen LogP contribution is 2.28. The summed E-state index contributed by atoms with van der Waals surface area (Å²) in [6, 6.07) is 11.0. The van der Waals surface area contributed by atoms with Gasteiger partial charge >= 0.3 is 0 Å². The first kappa shape index (κ1) is 15.2. The molecule has 0 aliphatic heterocycles. The minimum absolute atomic E-state index is 0.152. The highest BCUT2D eigenvalue weighted by Gasteiger charge is 2.20. The van der Waals surface area contributed by atoms with Crippen molar-refractivity contribution >= 4 is 0 Å². The smallest absolute Gasteiger partial charge is 0.196 e. The maximum atomic E-state index is 12.9. The lowest BCUT2D eigenvalue weighted by atomic mass is 9.87. The molecule has 1 aliphatic carbocycles. The summed E-state index contributed by atoms with van der Waals surface area (Å²) in [6.45, 7) is 0.531. The molecular weight excluding hydrogens is 267 g/mol. The number of rotatable bonds is 4. The molecule has 3 nitrogen and oxygen atoms in total. The van der Waals surface area contributed by atoms with Crippen LogP contribution in [-0.2, 0) is 11.3 Å². The number of hydrogen-bond acceptors (Lipinski definition) is 3. The largest absolute Gasteiger partial charge is 0.374 e. The van der Waals surface area contributed by atoms with Gasteiger partial charge in [0.1, 0.15) is 6.07 Å². The first-order chi connectivity index (χ1) is 10.2. The molecule has 0 heterocycles. The van der Waals surface area contributed by atoms with E-state index in [2.05, 4.69) is 6.07 Å². The SMILES string of the molecule is N#C/C(F)=C/[C@H]1CC[C@H](OCc2ccc(C#N)cc2)CC1. The van der Waals surface area contributed by atoms with E-state index in [1.807, 2.05) is 12.1 Å². The Kier molecular flexibility index (Phi) is 5.49. The van der Waals surface area contributed by atoms with Crippen LogP contribution in [0, 0.1) is 28.6 Å². The third-order valence-corrected chi connectivity index (χ3v) is 3.78. The van der Waals surface area contributed by atoms with Crippen molar-refractivity contribution in [3.8, 4) is 12.1 Å². The van der Waals surface area contributed by atoms with E-state index in [0.29, 0.717) is 12.2 Å².